The van der Waals surface area contributed by atoms with Crippen molar-refractivity contribution in [2.24, 2.45) is 0 Å². The van der Waals surface area contributed by atoms with Gasteiger partial charge in [0.05, 0.1) is 23.0 Å². The Hall–Kier alpha value is -1.95. The molecule has 1 aromatic rings. The first-order chi connectivity index (χ1) is 11.0. The summed E-state index contributed by atoms with van der Waals surface area (Å²) in [5, 5.41) is 11.1. The van der Waals surface area contributed by atoms with Crippen molar-refractivity contribution in [3.05, 3.63) is 33.9 Å². The van der Waals surface area contributed by atoms with E-state index in [1.54, 1.807) is 17.0 Å². The Morgan fingerprint density at radius 2 is 2.13 bits per heavy atom. The number of carbonyl (C=O) groups is 1. The molecule has 1 fully saturated rings. The normalized spacial score (nSPS) is 22.4. The van der Waals surface area contributed by atoms with Gasteiger partial charge in [-0.25, -0.2) is 0 Å². The number of rotatable bonds is 5. The van der Waals surface area contributed by atoms with E-state index < -0.39 is 10.3 Å². The average molecular weight is 318 g/mol. The number of non-ortho nitro benzene ring substituents is 1. The molecule has 2 heterocycles. The molecule has 0 spiro atoms. The van der Waals surface area contributed by atoms with Crippen LogP contribution in [0.4, 0.5) is 11.4 Å². The van der Waals surface area contributed by atoms with Gasteiger partial charge in [-0.15, -0.1) is 0 Å². The van der Waals surface area contributed by atoms with E-state index in [1.165, 1.54) is 6.07 Å². The Morgan fingerprint density at radius 1 is 1.39 bits per heavy atom. The van der Waals surface area contributed by atoms with Crippen LogP contribution in [-0.4, -0.2) is 30.1 Å². The summed E-state index contributed by atoms with van der Waals surface area (Å²) in [6, 6.07) is 4.78. The summed E-state index contributed by atoms with van der Waals surface area (Å²) in [6.45, 7) is 5.22. The van der Waals surface area contributed by atoms with Gasteiger partial charge in [-0.1, -0.05) is 13.8 Å². The van der Waals surface area contributed by atoms with Crippen LogP contribution in [0, 0.1) is 10.1 Å². The van der Waals surface area contributed by atoms with Crippen molar-refractivity contribution in [3.8, 4) is 0 Å². The molecule has 0 radical (unpaired) electrons. The molecule has 0 saturated carbocycles. The summed E-state index contributed by atoms with van der Waals surface area (Å²) in [5.74, 6) is 0.0495. The Kier molecular flexibility index (Phi) is 4.10. The zero-order chi connectivity index (χ0) is 16.6. The Bertz CT molecular complexity index is 633. The van der Waals surface area contributed by atoms with Gasteiger partial charge in [-0.2, -0.15) is 0 Å². The van der Waals surface area contributed by atoms with Crippen molar-refractivity contribution in [2.45, 2.75) is 51.0 Å². The number of anilines is 1. The quantitative estimate of drug-likeness (QED) is 0.617. The maximum absolute atomic E-state index is 13.1. The van der Waals surface area contributed by atoms with E-state index in [4.69, 9.17) is 4.74 Å². The third kappa shape index (κ3) is 2.41. The van der Waals surface area contributed by atoms with Crippen LogP contribution in [0.25, 0.3) is 0 Å². The summed E-state index contributed by atoms with van der Waals surface area (Å²) in [6.07, 6.45) is 3.31. The van der Waals surface area contributed by atoms with Gasteiger partial charge < -0.3 is 9.64 Å². The standard InChI is InChI=1S/C17H22N2O4/c1-3-17(4-2)14-10-12(19(21)22)7-8-15(14)18(16(17)20)11-13-6-5-9-23-13/h7-8,10,13H,3-6,9,11H2,1-2H3. The first-order valence-electron chi connectivity index (χ1n) is 8.26. The van der Waals surface area contributed by atoms with Crippen molar-refractivity contribution in [1.29, 1.82) is 0 Å². The number of benzene rings is 1. The van der Waals surface area contributed by atoms with E-state index in [2.05, 4.69) is 0 Å². The predicted molar refractivity (Wildman–Crippen MR) is 86.7 cm³/mol. The molecule has 124 valence electrons. The molecule has 0 aliphatic carbocycles. The molecule has 1 atom stereocenters. The van der Waals surface area contributed by atoms with Crippen molar-refractivity contribution >= 4 is 17.3 Å². The number of amides is 1. The lowest BCUT2D eigenvalue weighted by Crippen LogP contribution is -2.42. The van der Waals surface area contributed by atoms with Gasteiger partial charge in [0.1, 0.15) is 0 Å². The average Bonchev–Trinajstić information content (AvgIpc) is 3.14. The van der Waals surface area contributed by atoms with Crippen LogP contribution in [0.5, 0.6) is 0 Å². The zero-order valence-corrected chi connectivity index (χ0v) is 13.6. The number of ether oxygens (including phenoxy) is 1. The highest BCUT2D eigenvalue weighted by molar-refractivity contribution is 6.08. The number of nitro benzene ring substituents is 1. The lowest BCUT2D eigenvalue weighted by molar-refractivity contribution is -0.384. The third-order valence-electron chi connectivity index (χ3n) is 5.27. The summed E-state index contributed by atoms with van der Waals surface area (Å²) in [7, 11) is 0. The molecule has 1 saturated heterocycles. The van der Waals surface area contributed by atoms with Gasteiger partial charge in [0.2, 0.25) is 5.91 Å². The Balaban J connectivity index is 2.05. The number of hydrogen-bond acceptors (Lipinski definition) is 4. The summed E-state index contributed by atoms with van der Waals surface area (Å²) >= 11 is 0. The van der Waals surface area contributed by atoms with Crippen LogP contribution < -0.4 is 4.90 Å². The van der Waals surface area contributed by atoms with Crippen molar-refractivity contribution in [3.63, 3.8) is 0 Å². The molecular formula is C17H22N2O4. The molecule has 1 aromatic carbocycles. The second-order valence-corrected chi connectivity index (χ2v) is 6.30. The summed E-state index contributed by atoms with van der Waals surface area (Å²) in [5.41, 5.74) is 0.987. The summed E-state index contributed by atoms with van der Waals surface area (Å²) < 4.78 is 5.67. The molecule has 1 amide bonds. The number of hydrogen-bond donors (Lipinski definition) is 0. The first-order valence-corrected chi connectivity index (χ1v) is 8.26. The van der Waals surface area contributed by atoms with Crippen LogP contribution >= 0.6 is 0 Å². The lowest BCUT2D eigenvalue weighted by atomic mass is 9.77. The van der Waals surface area contributed by atoms with Gasteiger partial charge in [0, 0.05) is 24.4 Å². The molecule has 6 heteroatoms. The van der Waals surface area contributed by atoms with Crippen LogP contribution in [0.1, 0.15) is 45.1 Å². The fourth-order valence-electron chi connectivity index (χ4n) is 3.85. The van der Waals surface area contributed by atoms with E-state index >= 15 is 0 Å². The molecule has 1 unspecified atom stereocenters. The SMILES string of the molecule is CCC1(CC)C(=O)N(CC2CCCO2)c2ccc([N+](=O)[O-])cc21. The molecular weight excluding hydrogens is 296 g/mol. The maximum Gasteiger partial charge on any atom is 0.269 e. The van der Waals surface area contributed by atoms with E-state index in [-0.39, 0.29) is 17.7 Å². The molecule has 0 aromatic heterocycles. The largest absolute Gasteiger partial charge is 0.376 e. The van der Waals surface area contributed by atoms with Crippen LogP contribution in [-0.2, 0) is 14.9 Å². The van der Waals surface area contributed by atoms with Gasteiger partial charge in [-0.05, 0) is 37.3 Å². The molecule has 2 aliphatic heterocycles. The molecule has 23 heavy (non-hydrogen) atoms. The van der Waals surface area contributed by atoms with E-state index in [0.29, 0.717) is 19.4 Å². The minimum Gasteiger partial charge on any atom is -0.376 e. The topological polar surface area (TPSA) is 72.7 Å². The number of carbonyl (C=O) groups excluding carboxylic acids is 1. The van der Waals surface area contributed by atoms with E-state index in [1.807, 2.05) is 13.8 Å². The predicted octanol–water partition coefficient (Wildman–Crippen LogP) is 3.18. The summed E-state index contributed by atoms with van der Waals surface area (Å²) in [4.78, 5) is 25.6. The highest BCUT2D eigenvalue weighted by Crippen LogP contribution is 2.47. The third-order valence-corrected chi connectivity index (χ3v) is 5.27. The first kappa shape index (κ1) is 15.9. The zero-order valence-electron chi connectivity index (χ0n) is 13.6. The van der Waals surface area contributed by atoms with Crippen molar-refractivity contribution < 1.29 is 14.5 Å². The van der Waals surface area contributed by atoms with Crippen molar-refractivity contribution in [2.75, 3.05) is 18.1 Å². The second kappa shape index (κ2) is 5.92. The Morgan fingerprint density at radius 3 is 2.70 bits per heavy atom. The number of nitro groups is 1. The van der Waals surface area contributed by atoms with Crippen LogP contribution in [0.2, 0.25) is 0 Å². The molecule has 0 N–H and O–H groups in total. The van der Waals surface area contributed by atoms with Crippen LogP contribution in [0.15, 0.2) is 18.2 Å². The van der Waals surface area contributed by atoms with E-state index in [0.717, 1.165) is 30.7 Å². The smallest absolute Gasteiger partial charge is 0.269 e. The highest BCUT2D eigenvalue weighted by Gasteiger charge is 2.49. The van der Waals surface area contributed by atoms with Gasteiger partial charge in [-0.3, -0.25) is 14.9 Å². The molecule has 3 rings (SSSR count). The Labute approximate surface area is 135 Å². The lowest BCUT2D eigenvalue weighted by Gasteiger charge is -2.27. The van der Waals surface area contributed by atoms with Gasteiger partial charge in [0.15, 0.2) is 0 Å². The maximum atomic E-state index is 13.1. The second-order valence-electron chi connectivity index (χ2n) is 6.30. The number of nitrogens with zero attached hydrogens (tertiary/aromatic N) is 2. The monoisotopic (exact) mass is 318 g/mol. The van der Waals surface area contributed by atoms with Crippen LogP contribution in [0.3, 0.4) is 0 Å². The fraction of sp³-hybridized carbons (Fsp3) is 0.588. The van der Waals surface area contributed by atoms with E-state index in [9.17, 15) is 14.9 Å². The highest BCUT2D eigenvalue weighted by atomic mass is 16.6. The van der Waals surface area contributed by atoms with Crippen molar-refractivity contribution in [1.82, 2.24) is 0 Å². The number of fused-ring (bicyclic) bond motifs is 1. The minimum absolute atomic E-state index is 0.0433. The van der Waals surface area contributed by atoms with Gasteiger partial charge >= 0.3 is 0 Å². The molecule has 6 nitrogen and oxygen atoms in total. The minimum atomic E-state index is -0.653. The molecule has 0 bridgehead atoms. The molecule has 2 aliphatic rings. The van der Waals surface area contributed by atoms with Gasteiger partial charge in [0.25, 0.3) is 5.69 Å². The fourth-order valence-corrected chi connectivity index (χ4v) is 3.85.